The molecule has 0 bridgehead atoms. The van der Waals surface area contributed by atoms with Gasteiger partial charge in [-0.1, -0.05) is 33.6 Å². The lowest BCUT2D eigenvalue weighted by Crippen LogP contribution is -2.49. The third kappa shape index (κ3) is 3.96. The smallest absolute Gasteiger partial charge is 0.0940 e. The van der Waals surface area contributed by atoms with Gasteiger partial charge in [0.1, 0.15) is 0 Å². The highest BCUT2D eigenvalue weighted by atomic mass is 16.5. The van der Waals surface area contributed by atoms with Crippen LogP contribution in [0.1, 0.15) is 72.6 Å². The van der Waals surface area contributed by atoms with Gasteiger partial charge in [-0.3, -0.25) is 0 Å². The molecule has 1 unspecified atom stereocenters. The molecular weight excluding hydrogens is 212 g/mol. The molecule has 0 aliphatic heterocycles. The van der Waals surface area contributed by atoms with Crippen LogP contribution in [0.2, 0.25) is 0 Å². The second kappa shape index (κ2) is 6.19. The van der Waals surface area contributed by atoms with Crippen LogP contribution in [0.3, 0.4) is 0 Å². The molecule has 2 heteroatoms. The van der Waals surface area contributed by atoms with Crippen LogP contribution in [0.15, 0.2) is 0 Å². The number of ether oxygens (including phenoxy) is 1. The van der Waals surface area contributed by atoms with Crippen molar-refractivity contribution in [2.75, 3.05) is 6.61 Å². The van der Waals surface area contributed by atoms with E-state index >= 15 is 0 Å². The molecule has 0 spiro atoms. The molecule has 1 saturated carbocycles. The fourth-order valence-electron chi connectivity index (χ4n) is 2.87. The molecule has 17 heavy (non-hydrogen) atoms. The Morgan fingerprint density at radius 3 is 2.18 bits per heavy atom. The second-order valence-electron chi connectivity index (χ2n) is 6.32. The number of aliphatic hydroxyl groups is 1. The summed E-state index contributed by atoms with van der Waals surface area (Å²) >= 11 is 0. The predicted molar refractivity (Wildman–Crippen MR) is 72.1 cm³/mol. The van der Waals surface area contributed by atoms with Gasteiger partial charge in [0.15, 0.2) is 0 Å². The van der Waals surface area contributed by atoms with Gasteiger partial charge in [0.2, 0.25) is 0 Å². The zero-order valence-electron chi connectivity index (χ0n) is 12.1. The highest BCUT2D eigenvalue weighted by Crippen LogP contribution is 2.44. The lowest BCUT2D eigenvalue weighted by Gasteiger charge is -2.46. The molecule has 1 aliphatic carbocycles. The Bertz CT molecular complexity index is 213. The maximum absolute atomic E-state index is 10.4. The van der Waals surface area contributed by atoms with E-state index in [2.05, 4.69) is 20.8 Å². The van der Waals surface area contributed by atoms with Crippen molar-refractivity contribution < 1.29 is 9.84 Å². The van der Waals surface area contributed by atoms with Crippen molar-refractivity contribution in [2.24, 2.45) is 5.41 Å². The standard InChI is InChI=1S/C15H30O2/c1-5-7-8-13(16)15(17-6-2)11-9-14(3,4)10-12-15/h13,16H,5-12H2,1-4H3. The third-order valence-electron chi connectivity index (χ3n) is 4.32. The molecule has 0 aromatic heterocycles. The highest BCUT2D eigenvalue weighted by Gasteiger charge is 2.43. The Morgan fingerprint density at radius 2 is 1.71 bits per heavy atom. The van der Waals surface area contributed by atoms with Gasteiger partial charge in [-0.2, -0.15) is 0 Å². The molecule has 1 N–H and O–H groups in total. The van der Waals surface area contributed by atoms with Gasteiger partial charge in [-0.15, -0.1) is 0 Å². The molecule has 0 aromatic rings. The van der Waals surface area contributed by atoms with Crippen molar-refractivity contribution in [1.29, 1.82) is 0 Å². The molecule has 0 heterocycles. The van der Waals surface area contributed by atoms with Crippen LogP contribution < -0.4 is 0 Å². The molecule has 102 valence electrons. The van der Waals surface area contributed by atoms with Crippen molar-refractivity contribution in [2.45, 2.75) is 84.3 Å². The molecule has 0 saturated heterocycles. The summed E-state index contributed by atoms with van der Waals surface area (Å²) in [6, 6.07) is 0. The van der Waals surface area contributed by atoms with Crippen molar-refractivity contribution in [3.63, 3.8) is 0 Å². The summed E-state index contributed by atoms with van der Waals surface area (Å²) in [7, 11) is 0. The Balaban J connectivity index is 2.63. The summed E-state index contributed by atoms with van der Waals surface area (Å²) in [4.78, 5) is 0. The van der Waals surface area contributed by atoms with E-state index < -0.39 is 0 Å². The van der Waals surface area contributed by atoms with Crippen LogP contribution >= 0.6 is 0 Å². The fraction of sp³-hybridized carbons (Fsp3) is 1.00. The van der Waals surface area contributed by atoms with Gasteiger partial charge < -0.3 is 9.84 Å². The fourth-order valence-corrected chi connectivity index (χ4v) is 2.87. The van der Waals surface area contributed by atoms with Gasteiger partial charge in [-0.25, -0.2) is 0 Å². The minimum atomic E-state index is -0.279. The zero-order chi connectivity index (χ0) is 12.9. The second-order valence-corrected chi connectivity index (χ2v) is 6.32. The molecule has 1 aliphatic rings. The highest BCUT2D eigenvalue weighted by molar-refractivity contribution is 4.95. The Kier molecular flexibility index (Phi) is 5.46. The Hall–Kier alpha value is -0.0800. The van der Waals surface area contributed by atoms with E-state index in [9.17, 15) is 5.11 Å². The van der Waals surface area contributed by atoms with E-state index in [0.29, 0.717) is 12.0 Å². The van der Waals surface area contributed by atoms with Crippen molar-refractivity contribution in [1.82, 2.24) is 0 Å². The number of hydrogen-bond donors (Lipinski definition) is 1. The molecule has 1 fully saturated rings. The number of rotatable bonds is 6. The summed E-state index contributed by atoms with van der Waals surface area (Å²) in [6.07, 6.45) is 7.20. The van der Waals surface area contributed by atoms with E-state index in [4.69, 9.17) is 4.74 Å². The first-order valence-corrected chi connectivity index (χ1v) is 7.28. The summed E-state index contributed by atoms with van der Waals surface area (Å²) < 4.78 is 5.97. The lowest BCUT2D eigenvalue weighted by molar-refractivity contribution is -0.153. The van der Waals surface area contributed by atoms with E-state index in [1.54, 1.807) is 0 Å². The van der Waals surface area contributed by atoms with E-state index in [0.717, 1.165) is 44.9 Å². The summed E-state index contributed by atoms with van der Waals surface area (Å²) in [5, 5.41) is 10.4. The minimum absolute atomic E-state index is 0.251. The van der Waals surface area contributed by atoms with Crippen molar-refractivity contribution in [3.05, 3.63) is 0 Å². The summed E-state index contributed by atoms with van der Waals surface area (Å²) in [5.74, 6) is 0. The molecule has 1 atom stereocenters. The lowest BCUT2D eigenvalue weighted by atomic mass is 9.68. The molecule has 0 amide bonds. The summed E-state index contributed by atoms with van der Waals surface area (Å²) in [6.45, 7) is 9.56. The van der Waals surface area contributed by atoms with Crippen LogP contribution in [0, 0.1) is 5.41 Å². The Labute approximate surface area is 107 Å². The molecule has 0 aromatic carbocycles. The first-order chi connectivity index (χ1) is 7.96. The monoisotopic (exact) mass is 242 g/mol. The molecule has 1 rings (SSSR count). The largest absolute Gasteiger partial charge is 0.390 e. The number of hydrogen-bond acceptors (Lipinski definition) is 2. The first kappa shape index (κ1) is 15.0. The number of aliphatic hydroxyl groups excluding tert-OH is 1. The van der Waals surface area contributed by atoms with Crippen molar-refractivity contribution >= 4 is 0 Å². The quantitative estimate of drug-likeness (QED) is 0.765. The van der Waals surface area contributed by atoms with Crippen LogP contribution in [0.4, 0.5) is 0 Å². The molecular formula is C15H30O2. The average molecular weight is 242 g/mol. The molecule has 2 nitrogen and oxygen atoms in total. The number of unbranched alkanes of at least 4 members (excludes halogenated alkanes) is 1. The van der Waals surface area contributed by atoms with Crippen LogP contribution in [-0.4, -0.2) is 23.4 Å². The van der Waals surface area contributed by atoms with Crippen molar-refractivity contribution in [3.8, 4) is 0 Å². The van der Waals surface area contributed by atoms with Gasteiger partial charge in [0, 0.05) is 6.61 Å². The predicted octanol–water partition coefficient (Wildman–Crippen LogP) is 3.91. The van der Waals surface area contributed by atoms with Crippen LogP contribution in [0.25, 0.3) is 0 Å². The molecule has 0 radical (unpaired) electrons. The zero-order valence-corrected chi connectivity index (χ0v) is 12.1. The van der Waals surface area contributed by atoms with Gasteiger partial charge in [-0.05, 0) is 44.4 Å². The average Bonchev–Trinajstić information content (AvgIpc) is 2.29. The van der Waals surface area contributed by atoms with E-state index in [1.165, 1.54) is 0 Å². The van der Waals surface area contributed by atoms with Gasteiger partial charge >= 0.3 is 0 Å². The minimum Gasteiger partial charge on any atom is -0.390 e. The van der Waals surface area contributed by atoms with Crippen LogP contribution in [0.5, 0.6) is 0 Å². The topological polar surface area (TPSA) is 29.5 Å². The van der Waals surface area contributed by atoms with Gasteiger partial charge in [0.05, 0.1) is 11.7 Å². The maximum atomic E-state index is 10.4. The first-order valence-electron chi connectivity index (χ1n) is 7.28. The SMILES string of the molecule is CCCCC(O)C1(OCC)CCC(C)(C)CC1. The Morgan fingerprint density at radius 1 is 1.12 bits per heavy atom. The van der Waals surface area contributed by atoms with Crippen LogP contribution in [-0.2, 0) is 4.74 Å². The van der Waals surface area contributed by atoms with E-state index in [1.807, 2.05) is 6.92 Å². The summed E-state index contributed by atoms with van der Waals surface area (Å²) in [5.41, 5.74) is 0.171. The maximum Gasteiger partial charge on any atom is 0.0940 e. The third-order valence-corrected chi connectivity index (χ3v) is 4.32. The van der Waals surface area contributed by atoms with E-state index in [-0.39, 0.29) is 11.7 Å². The van der Waals surface area contributed by atoms with Gasteiger partial charge in [0.25, 0.3) is 0 Å². The normalized spacial score (nSPS) is 24.5.